The van der Waals surface area contributed by atoms with Crippen LogP contribution in [0.4, 0.5) is 5.13 Å². The van der Waals surface area contributed by atoms with E-state index in [0.717, 1.165) is 5.69 Å². The molecule has 0 aromatic carbocycles. The van der Waals surface area contributed by atoms with Gasteiger partial charge in [0.2, 0.25) is 5.91 Å². The van der Waals surface area contributed by atoms with Crippen LogP contribution in [0.5, 0.6) is 0 Å². The van der Waals surface area contributed by atoms with Gasteiger partial charge < -0.3 is 5.32 Å². The molecule has 1 aliphatic carbocycles. The second kappa shape index (κ2) is 4.50. The number of nitrogens with one attached hydrogen (secondary N) is 1. The van der Waals surface area contributed by atoms with Crippen molar-refractivity contribution in [2.24, 2.45) is 17.3 Å². The van der Waals surface area contributed by atoms with Crippen LogP contribution in [0.25, 0.3) is 0 Å². The van der Waals surface area contributed by atoms with Gasteiger partial charge in [-0.05, 0) is 32.1 Å². The molecule has 0 saturated heterocycles. The number of amides is 1. The molecule has 1 heterocycles. The SMILES string of the molecule is CC(C)=C[C@H]1[C@@H](C(=O)Nc2nc(C)cs2)C1(C)C. The Labute approximate surface area is 112 Å². The largest absolute Gasteiger partial charge is 0.302 e. The molecule has 1 saturated carbocycles. The molecule has 0 aliphatic heterocycles. The molecule has 0 bridgehead atoms. The van der Waals surface area contributed by atoms with Crippen molar-refractivity contribution in [1.82, 2.24) is 4.98 Å². The average molecular weight is 264 g/mol. The van der Waals surface area contributed by atoms with Crippen LogP contribution in [0.2, 0.25) is 0 Å². The van der Waals surface area contributed by atoms with Crippen LogP contribution in [0.1, 0.15) is 33.4 Å². The third kappa shape index (κ3) is 2.48. The van der Waals surface area contributed by atoms with Crippen molar-refractivity contribution in [1.29, 1.82) is 0 Å². The van der Waals surface area contributed by atoms with Gasteiger partial charge >= 0.3 is 0 Å². The summed E-state index contributed by atoms with van der Waals surface area (Å²) >= 11 is 1.48. The van der Waals surface area contributed by atoms with E-state index in [1.807, 2.05) is 12.3 Å². The Morgan fingerprint density at radius 1 is 1.50 bits per heavy atom. The zero-order valence-corrected chi connectivity index (χ0v) is 12.4. The molecule has 0 radical (unpaired) electrons. The minimum absolute atomic E-state index is 0.0632. The maximum Gasteiger partial charge on any atom is 0.230 e. The lowest BCUT2D eigenvalue weighted by Crippen LogP contribution is -2.16. The third-order valence-electron chi connectivity index (χ3n) is 3.56. The lowest BCUT2D eigenvalue weighted by Gasteiger charge is -2.02. The number of rotatable bonds is 3. The molecule has 3 nitrogen and oxygen atoms in total. The first-order valence-electron chi connectivity index (χ1n) is 6.20. The predicted molar refractivity (Wildman–Crippen MR) is 75.7 cm³/mol. The standard InChI is InChI=1S/C14H20N2OS/c1-8(2)6-10-11(14(10,4)5)12(17)16-13-15-9(3)7-18-13/h6-7,10-11H,1-5H3,(H,15,16,17)/t10-,11-/m0/s1. The molecule has 2 rings (SSSR count). The van der Waals surface area contributed by atoms with Gasteiger partial charge in [0.25, 0.3) is 0 Å². The van der Waals surface area contributed by atoms with Crippen molar-refractivity contribution in [3.8, 4) is 0 Å². The molecule has 4 heteroatoms. The molecule has 0 unspecified atom stereocenters. The minimum atomic E-state index is 0.0632. The van der Waals surface area contributed by atoms with Gasteiger partial charge in [-0.3, -0.25) is 4.79 Å². The molecule has 98 valence electrons. The van der Waals surface area contributed by atoms with E-state index in [4.69, 9.17) is 0 Å². The van der Waals surface area contributed by atoms with E-state index >= 15 is 0 Å². The molecule has 1 amide bonds. The second-order valence-corrected chi connectivity index (χ2v) is 6.71. The summed E-state index contributed by atoms with van der Waals surface area (Å²) in [4.78, 5) is 16.5. The van der Waals surface area contributed by atoms with Gasteiger partial charge in [-0.25, -0.2) is 4.98 Å². The first kappa shape index (κ1) is 13.3. The van der Waals surface area contributed by atoms with E-state index in [1.54, 1.807) is 0 Å². The van der Waals surface area contributed by atoms with Crippen molar-refractivity contribution >= 4 is 22.4 Å². The van der Waals surface area contributed by atoms with E-state index in [0.29, 0.717) is 11.0 Å². The summed E-state index contributed by atoms with van der Waals surface area (Å²) in [5.74, 6) is 0.511. The molecule has 2 atom stereocenters. The average Bonchev–Trinajstić information content (AvgIpc) is 2.56. The number of aryl methyl sites for hydroxylation is 1. The fourth-order valence-electron chi connectivity index (χ4n) is 2.44. The zero-order valence-electron chi connectivity index (χ0n) is 11.6. The second-order valence-electron chi connectivity index (χ2n) is 5.85. The van der Waals surface area contributed by atoms with Crippen LogP contribution < -0.4 is 5.32 Å². The molecule has 1 N–H and O–H groups in total. The monoisotopic (exact) mass is 264 g/mol. The fourth-order valence-corrected chi connectivity index (χ4v) is 3.13. The summed E-state index contributed by atoms with van der Waals surface area (Å²) in [7, 11) is 0. The zero-order chi connectivity index (χ0) is 13.5. The molecule has 1 aliphatic rings. The normalized spacial score (nSPS) is 24.5. The van der Waals surface area contributed by atoms with Crippen molar-refractivity contribution in [2.75, 3.05) is 5.32 Å². The number of carbonyl (C=O) groups is 1. The van der Waals surface area contributed by atoms with Gasteiger partial charge in [-0.15, -0.1) is 11.3 Å². The molecule has 18 heavy (non-hydrogen) atoms. The highest BCUT2D eigenvalue weighted by molar-refractivity contribution is 7.13. The smallest absolute Gasteiger partial charge is 0.230 e. The van der Waals surface area contributed by atoms with E-state index in [9.17, 15) is 4.79 Å². The molecular formula is C14H20N2OS. The number of hydrogen-bond donors (Lipinski definition) is 1. The number of thiazole rings is 1. The summed E-state index contributed by atoms with van der Waals surface area (Å²) in [6.07, 6.45) is 2.21. The van der Waals surface area contributed by atoms with Crippen LogP contribution >= 0.6 is 11.3 Å². The predicted octanol–water partition coefficient (Wildman–Crippen LogP) is 3.63. The van der Waals surface area contributed by atoms with Crippen LogP contribution in [-0.2, 0) is 4.79 Å². The minimum Gasteiger partial charge on any atom is -0.302 e. The van der Waals surface area contributed by atoms with E-state index in [2.05, 4.69) is 44.1 Å². The van der Waals surface area contributed by atoms with Crippen LogP contribution in [0.15, 0.2) is 17.0 Å². The van der Waals surface area contributed by atoms with E-state index < -0.39 is 0 Å². The van der Waals surface area contributed by atoms with Crippen molar-refractivity contribution in [3.05, 3.63) is 22.7 Å². The summed E-state index contributed by atoms with van der Waals surface area (Å²) in [6, 6.07) is 0. The van der Waals surface area contributed by atoms with Gasteiger partial charge in [-0.2, -0.15) is 0 Å². The third-order valence-corrected chi connectivity index (χ3v) is 4.43. The number of aromatic nitrogens is 1. The van der Waals surface area contributed by atoms with Gasteiger partial charge in [0.15, 0.2) is 5.13 Å². The van der Waals surface area contributed by atoms with E-state index in [1.165, 1.54) is 16.9 Å². The number of nitrogens with zero attached hydrogens (tertiary/aromatic N) is 1. The number of allylic oxidation sites excluding steroid dienone is 2. The Hall–Kier alpha value is -1.16. The number of carbonyl (C=O) groups excluding carboxylic acids is 1. The van der Waals surface area contributed by atoms with Crippen molar-refractivity contribution in [3.63, 3.8) is 0 Å². The molecular weight excluding hydrogens is 244 g/mol. The summed E-state index contributed by atoms with van der Waals surface area (Å²) < 4.78 is 0. The van der Waals surface area contributed by atoms with Crippen LogP contribution in [0.3, 0.4) is 0 Å². The number of hydrogen-bond acceptors (Lipinski definition) is 3. The summed E-state index contributed by atoms with van der Waals surface area (Å²) in [5, 5.41) is 5.57. The van der Waals surface area contributed by atoms with Gasteiger partial charge in [0.1, 0.15) is 0 Å². The Balaban J connectivity index is 2.05. The van der Waals surface area contributed by atoms with Gasteiger partial charge in [-0.1, -0.05) is 25.5 Å². The van der Waals surface area contributed by atoms with Crippen molar-refractivity contribution < 1.29 is 4.79 Å². The Morgan fingerprint density at radius 3 is 2.67 bits per heavy atom. The topological polar surface area (TPSA) is 42.0 Å². The maximum absolute atomic E-state index is 12.2. The van der Waals surface area contributed by atoms with Gasteiger partial charge in [0.05, 0.1) is 11.6 Å². The molecule has 1 aromatic heterocycles. The lowest BCUT2D eigenvalue weighted by molar-refractivity contribution is -0.118. The number of anilines is 1. The highest BCUT2D eigenvalue weighted by atomic mass is 32.1. The molecule has 1 aromatic rings. The maximum atomic E-state index is 12.2. The van der Waals surface area contributed by atoms with Crippen molar-refractivity contribution in [2.45, 2.75) is 34.6 Å². The Kier molecular flexibility index (Phi) is 3.32. The highest BCUT2D eigenvalue weighted by Gasteiger charge is 2.60. The van der Waals surface area contributed by atoms with E-state index in [-0.39, 0.29) is 17.2 Å². The molecule has 0 spiro atoms. The van der Waals surface area contributed by atoms with Crippen LogP contribution in [-0.4, -0.2) is 10.9 Å². The van der Waals surface area contributed by atoms with Crippen LogP contribution in [0, 0.1) is 24.2 Å². The first-order valence-corrected chi connectivity index (χ1v) is 7.08. The Bertz CT molecular complexity index is 498. The highest BCUT2D eigenvalue weighted by Crippen LogP contribution is 2.59. The quantitative estimate of drug-likeness (QED) is 0.847. The summed E-state index contributed by atoms with van der Waals surface area (Å²) in [6.45, 7) is 10.4. The molecule has 1 fully saturated rings. The summed E-state index contributed by atoms with van der Waals surface area (Å²) in [5.41, 5.74) is 2.29. The first-order chi connectivity index (χ1) is 8.32. The Morgan fingerprint density at radius 2 is 2.17 bits per heavy atom. The van der Waals surface area contributed by atoms with Gasteiger partial charge in [0, 0.05) is 5.38 Å². The lowest BCUT2D eigenvalue weighted by atomic mass is 10.1. The fraction of sp³-hybridized carbons (Fsp3) is 0.571.